The lowest BCUT2D eigenvalue weighted by molar-refractivity contribution is -0.133. The Bertz CT molecular complexity index is 877. The zero-order valence-electron chi connectivity index (χ0n) is 15.8. The van der Waals surface area contributed by atoms with E-state index in [4.69, 9.17) is 4.52 Å². The zero-order chi connectivity index (χ0) is 19.2. The van der Waals surface area contributed by atoms with Crippen molar-refractivity contribution in [3.63, 3.8) is 0 Å². The first-order valence-electron chi connectivity index (χ1n) is 9.76. The Balaban J connectivity index is 1.26. The molecule has 0 N–H and O–H groups in total. The van der Waals surface area contributed by atoms with Gasteiger partial charge in [-0.25, -0.2) is 0 Å². The number of hydrogen-bond acceptors (Lipinski definition) is 6. The van der Waals surface area contributed by atoms with Crippen LogP contribution in [0.5, 0.6) is 0 Å². The minimum Gasteiger partial charge on any atom is -0.342 e. The van der Waals surface area contributed by atoms with E-state index in [-0.39, 0.29) is 5.91 Å². The fourth-order valence-electron chi connectivity index (χ4n) is 3.63. The third kappa shape index (κ3) is 4.62. The van der Waals surface area contributed by atoms with E-state index in [1.54, 1.807) is 23.3 Å². The lowest BCUT2D eigenvalue weighted by Gasteiger charge is -2.32. The van der Waals surface area contributed by atoms with Gasteiger partial charge in [0.25, 0.3) is 5.89 Å². The molecule has 1 amide bonds. The Morgan fingerprint density at radius 2 is 2.14 bits per heavy atom. The van der Waals surface area contributed by atoms with E-state index in [0.717, 1.165) is 44.3 Å². The molecule has 4 heterocycles. The molecular weight excluding hydrogens is 356 g/mol. The highest BCUT2D eigenvalue weighted by molar-refractivity contribution is 5.76. The normalized spacial score (nSPS) is 17.0. The molecule has 3 aromatic heterocycles. The molecule has 0 saturated carbocycles. The summed E-state index contributed by atoms with van der Waals surface area (Å²) in [5, 5.41) is 8.25. The van der Waals surface area contributed by atoms with Gasteiger partial charge in [0.05, 0.1) is 0 Å². The molecule has 1 aliphatic rings. The second kappa shape index (κ2) is 8.77. The van der Waals surface area contributed by atoms with Gasteiger partial charge in [-0.15, -0.1) is 0 Å². The summed E-state index contributed by atoms with van der Waals surface area (Å²) >= 11 is 0. The number of carbonyl (C=O) groups excluding carboxylic acids is 1. The number of nitrogens with zero attached hydrogens (tertiary/aromatic N) is 6. The first-order chi connectivity index (χ1) is 13.8. The molecule has 0 aromatic carbocycles. The standard InChI is InChI=1S/C20H24N6O2/c27-19(8-14-26-13-2-9-22-26)25-12-1-3-16(15-25)4-5-18-23-20(28-24-18)17-6-10-21-11-7-17/h2,6-7,9-11,13,16H,1,3-5,8,12,14-15H2. The summed E-state index contributed by atoms with van der Waals surface area (Å²) in [7, 11) is 0. The number of carbonyl (C=O) groups is 1. The minimum atomic E-state index is 0.208. The van der Waals surface area contributed by atoms with Gasteiger partial charge in [0.1, 0.15) is 0 Å². The number of aryl methyl sites for hydroxylation is 2. The van der Waals surface area contributed by atoms with E-state index in [1.807, 2.05) is 29.3 Å². The van der Waals surface area contributed by atoms with Crippen molar-refractivity contribution in [3.8, 4) is 11.5 Å². The Hall–Kier alpha value is -3.03. The number of likely N-dealkylation sites (tertiary alicyclic amines) is 1. The molecule has 8 heteroatoms. The molecular formula is C20H24N6O2. The van der Waals surface area contributed by atoms with Crippen LogP contribution in [0.4, 0.5) is 0 Å². The van der Waals surface area contributed by atoms with E-state index in [0.29, 0.717) is 30.6 Å². The van der Waals surface area contributed by atoms with Crippen LogP contribution in [0.25, 0.3) is 11.5 Å². The van der Waals surface area contributed by atoms with E-state index in [2.05, 4.69) is 20.2 Å². The van der Waals surface area contributed by atoms with E-state index in [9.17, 15) is 4.79 Å². The molecule has 1 unspecified atom stereocenters. The first kappa shape index (κ1) is 18.3. The highest BCUT2D eigenvalue weighted by atomic mass is 16.5. The van der Waals surface area contributed by atoms with Crippen LogP contribution in [0.3, 0.4) is 0 Å². The number of amides is 1. The van der Waals surface area contributed by atoms with Crippen LogP contribution in [-0.4, -0.2) is 48.8 Å². The predicted molar refractivity (Wildman–Crippen MR) is 102 cm³/mol. The van der Waals surface area contributed by atoms with Gasteiger partial charge in [-0.05, 0) is 43.4 Å². The summed E-state index contributed by atoms with van der Waals surface area (Å²) in [5.41, 5.74) is 0.875. The summed E-state index contributed by atoms with van der Waals surface area (Å²) in [6, 6.07) is 5.58. The van der Waals surface area contributed by atoms with Crippen LogP contribution in [-0.2, 0) is 17.8 Å². The Kier molecular flexibility index (Phi) is 5.75. The molecule has 1 fully saturated rings. The molecule has 0 radical (unpaired) electrons. The quantitative estimate of drug-likeness (QED) is 0.626. The van der Waals surface area contributed by atoms with Crippen LogP contribution >= 0.6 is 0 Å². The van der Waals surface area contributed by atoms with E-state index >= 15 is 0 Å². The van der Waals surface area contributed by atoms with Crippen molar-refractivity contribution in [1.82, 2.24) is 29.8 Å². The van der Waals surface area contributed by atoms with E-state index in [1.165, 1.54) is 0 Å². The molecule has 8 nitrogen and oxygen atoms in total. The van der Waals surface area contributed by atoms with Crippen LogP contribution < -0.4 is 0 Å². The second-order valence-electron chi connectivity index (χ2n) is 7.16. The van der Waals surface area contributed by atoms with Gasteiger partial charge in [0.2, 0.25) is 5.91 Å². The van der Waals surface area contributed by atoms with Crippen molar-refractivity contribution in [2.45, 2.75) is 38.6 Å². The predicted octanol–water partition coefficient (Wildman–Crippen LogP) is 2.59. The van der Waals surface area contributed by atoms with Gasteiger partial charge in [-0.1, -0.05) is 5.16 Å². The third-order valence-electron chi connectivity index (χ3n) is 5.16. The summed E-state index contributed by atoms with van der Waals surface area (Å²) in [6.07, 6.45) is 11.4. The highest BCUT2D eigenvalue weighted by Gasteiger charge is 2.24. The number of piperidine rings is 1. The maximum absolute atomic E-state index is 12.5. The molecule has 4 rings (SSSR count). The van der Waals surface area contributed by atoms with Crippen LogP contribution in [0, 0.1) is 5.92 Å². The lowest BCUT2D eigenvalue weighted by atomic mass is 9.93. The molecule has 0 bridgehead atoms. The molecule has 1 atom stereocenters. The molecule has 0 spiro atoms. The zero-order valence-corrected chi connectivity index (χ0v) is 15.8. The Labute approximate surface area is 163 Å². The van der Waals surface area contributed by atoms with E-state index < -0.39 is 0 Å². The van der Waals surface area contributed by atoms with Gasteiger partial charge in [0.15, 0.2) is 5.82 Å². The van der Waals surface area contributed by atoms with Crippen molar-refractivity contribution in [2.24, 2.45) is 5.92 Å². The summed E-state index contributed by atoms with van der Waals surface area (Å²) in [6.45, 7) is 2.30. The molecule has 3 aromatic rings. The second-order valence-corrected chi connectivity index (χ2v) is 7.16. The lowest BCUT2D eigenvalue weighted by Crippen LogP contribution is -2.40. The average molecular weight is 380 g/mol. The number of aromatic nitrogens is 5. The molecule has 146 valence electrons. The minimum absolute atomic E-state index is 0.208. The first-order valence-corrected chi connectivity index (χ1v) is 9.76. The van der Waals surface area contributed by atoms with Gasteiger partial charge in [-0.2, -0.15) is 10.1 Å². The maximum Gasteiger partial charge on any atom is 0.258 e. The average Bonchev–Trinajstić information content (AvgIpc) is 3.43. The topological polar surface area (TPSA) is 89.9 Å². The van der Waals surface area contributed by atoms with Gasteiger partial charge >= 0.3 is 0 Å². The van der Waals surface area contributed by atoms with Gasteiger partial charge < -0.3 is 9.42 Å². The fourth-order valence-corrected chi connectivity index (χ4v) is 3.63. The molecule has 1 aliphatic heterocycles. The summed E-state index contributed by atoms with van der Waals surface area (Å²) < 4.78 is 7.16. The molecule has 1 saturated heterocycles. The number of pyridine rings is 1. The fraction of sp³-hybridized carbons (Fsp3) is 0.450. The van der Waals surface area contributed by atoms with Crippen molar-refractivity contribution >= 4 is 5.91 Å². The van der Waals surface area contributed by atoms with Gasteiger partial charge in [-0.3, -0.25) is 14.5 Å². The third-order valence-corrected chi connectivity index (χ3v) is 5.16. The van der Waals surface area contributed by atoms with Crippen LogP contribution in [0.1, 0.15) is 31.5 Å². The van der Waals surface area contributed by atoms with Crippen LogP contribution in [0.15, 0.2) is 47.5 Å². The van der Waals surface area contributed by atoms with Crippen molar-refractivity contribution in [1.29, 1.82) is 0 Å². The highest BCUT2D eigenvalue weighted by Crippen LogP contribution is 2.23. The smallest absolute Gasteiger partial charge is 0.258 e. The summed E-state index contributed by atoms with van der Waals surface area (Å²) in [4.78, 5) is 23.0. The molecule has 28 heavy (non-hydrogen) atoms. The van der Waals surface area contributed by atoms with Crippen molar-refractivity contribution in [2.75, 3.05) is 13.1 Å². The van der Waals surface area contributed by atoms with Gasteiger partial charge in [0, 0.05) is 62.8 Å². The number of rotatable bonds is 7. The molecule has 0 aliphatic carbocycles. The number of hydrogen-bond donors (Lipinski definition) is 0. The Morgan fingerprint density at radius 3 is 2.96 bits per heavy atom. The monoisotopic (exact) mass is 380 g/mol. The van der Waals surface area contributed by atoms with Crippen LogP contribution in [0.2, 0.25) is 0 Å². The van der Waals surface area contributed by atoms with Crippen molar-refractivity contribution < 1.29 is 9.32 Å². The maximum atomic E-state index is 12.5. The Morgan fingerprint density at radius 1 is 1.25 bits per heavy atom. The SMILES string of the molecule is O=C(CCn1cccn1)N1CCCC(CCc2noc(-c3ccncc3)n2)C1. The largest absolute Gasteiger partial charge is 0.342 e. The van der Waals surface area contributed by atoms with Crippen molar-refractivity contribution in [3.05, 3.63) is 48.8 Å². The summed E-state index contributed by atoms with van der Waals surface area (Å²) in [5.74, 6) is 1.93.